The van der Waals surface area contributed by atoms with Crippen molar-refractivity contribution in [3.8, 4) is 0 Å². The van der Waals surface area contributed by atoms with Gasteiger partial charge in [-0.05, 0) is 17.6 Å². The Kier molecular flexibility index (Phi) is 5.96. The van der Waals surface area contributed by atoms with Crippen LogP contribution in [0.3, 0.4) is 0 Å². The van der Waals surface area contributed by atoms with Crippen molar-refractivity contribution in [3.05, 3.63) is 65.2 Å². The normalized spacial score (nSPS) is 13.0. The van der Waals surface area contributed by atoms with E-state index in [-0.39, 0.29) is 0 Å². The molecule has 0 saturated heterocycles. The molecule has 1 nitrogen and oxygen atoms in total. The van der Waals surface area contributed by atoms with E-state index in [0.717, 1.165) is 12.1 Å². The van der Waals surface area contributed by atoms with Gasteiger partial charge >= 0.3 is 22.8 Å². The number of halogens is 8. The minimum atomic E-state index is -4.75. The van der Waals surface area contributed by atoms with Gasteiger partial charge < -0.3 is 4.65 Å². The molecular weight excluding hydrogens is 479 g/mol. The molecule has 0 aromatic heterocycles. The van der Waals surface area contributed by atoms with E-state index in [2.05, 4.69) is 0 Å². The summed E-state index contributed by atoms with van der Waals surface area (Å²) in [6.45, 7) is 0. The summed E-state index contributed by atoms with van der Waals surface area (Å²) in [4.78, 5) is 0. The Balaban J connectivity index is 2.36. The molecule has 2 aromatic rings. The number of hydrogen-bond donors (Lipinski definition) is 0. The summed E-state index contributed by atoms with van der Waals surface area (Å²) < 4.78 is 99.4. The Morgan fingerprint density at radius 3 is 1.38 bits per heavy atom. The number of benzene rings is 2. The summed E-state index contributed by atoms with van der Waals surface area (Å²) in [5.41, 5.74) is -2.85. The summed E-state index contributed by atoms with van der Waals surface area (Å²) >= 11 is 1.89. The molecule has 2 aromatic carbocycles. The van der Waals surface area contributed by atoms with Crippen molar-refractivity contribution in [2.24, 2.45) is 0 Å². The molecule has 0 amide bonds. The van der Waals surface area contributed by atoms with Crippen LogP contribution < -0.4 is 5.46 Å². The highest BCUT2D eigenvalue weighted by Crippen LogP contribution is 2.49. The van der Waals surface area contributed by atoms with Crippen LogP contribution in [-0.4, -0.2) is 11.9 Å². The third-order valence-electron chi connectivity index (χ3n) is 3.71. The van der Waals surface area contributed by atoms with Crippen LogP contribution in [0, 0.1) is 0 Å². The maximum Gasteiger partial charge on any atom is 0.416 e. The Morgan fingerprint density at radius 1 is 0.692 bits per heavy atom. The molecule has 0 aliphatic rings. The SMILES string of the molecule is COB(I)c1ccc(C(F)(F)C(F)(F)c2ccc(C(F)(F)F)cc2)cc1. The highest BCUT2D eigenvalue weighted by Gasteiger charge is 2.58. The third kappa shape index (κ3) is 4.00. The van der Waals surface area contributed by atoms with Crippen LogP contribution in [0.15, 0.2) is 48.5 Å². The van der Waals surface area contributed by atoms with E-state index in [9.17, 15) is 30.7 Å². The van der Waals surface area contributed by atoms with Crippen molar-refractivity contribution in [2.75, 3.05) is 7.11 Å². The van der Waals surface area contributed by atoms with Gasteiger partial charge in [0.15, 0.2) is 0 Å². The molecule has 10 heteroatoms. The maximum atomic E-state index is 14.4. The molecule has 26 heavy (non-hydrogen) atoms. The van der Waals surface area contributed by atoms with E-state index < -0.39 is 39.5 Å². The fraction of sp³-hybridized carbons (Fsp3) is 0.250. The van der Waals surface area contributed by atoms with E-state index >= 15 is 0 Å². The van der Waals surface area contributed by atoms with Crippen molar-refractivity contribution in [2.45, 2.75) is 18.0 Å². The van der Waals surface area contributed by atoms with Crippen LogP contribution >= 0.6 is 22.4 Å². The minimum absolute atomic E-state index is 0.349. The predicted molar refractivity (Wildman–Crippen MR) is 92.1 cm³/mol. The first-order valence-corrected chi connectivity index (χ1v) is 8.36. The van der Waals surface area contributed by atoms with Crippen LogP contribution in [0.1, 0.15) is 16.7 Å². The smallest absolute Gasteiger partial charge is 0.416 e. The molecule has 0 N–H and O–H groups in total. The van der Waals surface area contributed by atoms with Gasteiger partial charge in [-0.2, -0.15) is 30.7 Å². The first kappa shape index (κ1) is 21.0. The Labute approximate surface area is 158 Å². The van der Waals surface area contributed by atoms with Crippen molar-refractivity contribution >= 4 is 32.6 Å². The molecule has 0 unspecified atom stereocenters. The molecule has 0 radical (unpaired) electrons. The van der Waals surface area contributed by atoms with E-state index in [1.165, 1.54) is 19.2 Å². The predicted octanol–water partition coefficient (Wildman–Crippen LogP) is 5.37. The molecule has 0 atom stereocenters. The van der Waals surface area contributed by atoms with Gasteiger partial charge in [0.2, 0.25) is 0 Å². The zero-order valence-electron chi connectivity index (χ0n) is 13.1. The van der Waals surface area contributed by atoms with Crippen molar-refractivity contribution in [1.29, 1.82) is 0 Å². The molecule has 0 aliphatic heterocycles. The Morgan fingerprint density at radius 2 is 1.04 bits per heavy atom. The molecule has 0 spiro atoms. The number of alkyl halides is 7. The van der Waals surface area contributed by atoms with E-state index in [1.54, 1.807) is 0 Å². The zero-order valence-corrected chi connectivity index (χ0v) is 15.3. The second-order valence-electron chi connectivity index (χ2n) is 5.40. The maximum absolute atomic E-state index is 14.4. The van der Waals surface area contributed by atoms with Gasteiger partial charge in [-0.15, -0.1) is 22.4 Å². The highest BCUT2D eigenvalue weighted by molar-refractivity contribution is 14.1. The lowest BCUT2D eigenvalue weighted by molar-refractivity contribution is -0.223. The molecule has 0 fully saturated rings. The lowest BCUT2D eigenvalue weighted by Gasteiger charge is -2.27. The first-order valence-electron chi connectivity index (χ1n) is 7.12. The summed E-state index contributed by atoms with van der Waals surface area (Å²) in [6.07, 6.45) is -4.75. The van der Waals surface area contributed by atoms with Gasteiger partial charge in [0.05, 0.1) is 5.56 Å². The summed E-state index contributed by atoms with van der Waals surface area (Å²) in [5, 5.41) is 0. The van der Waals surface area contributed by atoms with Crippen molar-refractivity contribution in [1.82, 2.24) is 0 Å². The van der Waals surface area contributed by atoms with Crippen molar-refractivity contribution < 1.29 is 35.4 Å². The lowest BCUT2D eigenvalue weighted by atomic mass is 9.86. The molecular formula is C16H11BF7IO. The number of rotatable bonds is 5. The van der Waals surface area contributed by atoms with Gasteiger partial charge in [0.25, 0.3) is 0 Å². The van der Waals surface area contributed by atoms with E-state index in [0.29, 0.717) is 29.7 Å². The quantitative estimate of drug-likeness (QED) is 0.312. The molecule has 140 valence electrons. The second-order valence-corrected chi connectivity index (χ2v) is 6.53. The van der Waals surface area contributed by atoms with Crippen LogP contribution in [-0.2, 0) is 22.7 Å². The molecule has 0 bridgehead atoms. The summed E-state index contributed by atoms with van der Waals surface area (Å²) in [7, 11) is 1.40. The van der Waals surface area contributed by atoms with Crippen LogP contribution in [0.5, 0.6) is 0 Å². The van der Waals surface area contributed by atoms with Crippen LogP contribution in [0.2, 0.25) is 0 Å². The van der Waals surface area contributed by atoms with Gasteiger partial charge in [-0.25, -0.2) is 0 Å². The van der Waals surface area contributed by atoms with Gasteiger partial charge in [-0.1, -0.05) is 36.4 Å². The second kappa shape index (κ2) is 7.38. The summed E-state index contributed by atoms with van der Waals surface area (Å²) in [5.74, 6) is -9.30. The lowest BCUT2D eigenvalue weighted by Crippen LogP contribution is -2.36. The van der Waals surface area contributed by atoms with Gasteiger partial charge in [-0.3, -0.25) is 0 Å². The van der Waals surface area contributed by atoms with Crippen LogP contribution in [0.4, 0.5) is 30.7 Å². The van der Waals surface area contributed by atoms with Crippen molar-refractivity contribution in [3.63, 3.8) is 0 Å². The third-order valence-corrected chi connectivity index (χ3v) is 4.94. The summed E-state index contributed by atoms with van der Waals surface area (Å²) in [6, 6.07) is 5.56. The average Bonchev–Trinajstić information content (AvgIpc) is 2.60. The largest absolute Gasteiger partial charge is 0.425 e. The Hall–Kier alpha value is -1.30. The standard InChI is InChI=1S/C16H11BF7IO/c1-26-17(25)13-8-6-11(7-9-13)15(20,21)14(18,19)10-2-4-12(5-3-10)16(22,23)24/h2-9H,1H3. The number of hydrogen-bond acceptors (Lipinski definition) is 1. The highest BCUT2D eigenvalue weighted by atomic mass is 127. The fourth-order valence-corrected chi connectivity index (χ4v) is 2.63. The first-order chi connectivity index (χ1) is 11.9. The molecule has 2 rings (SSSR count). The van der Waals surface area contributed by atoms with E-state index in [4.69, 9.17) is 4.65 Å². The molecule has 0 heterocycles. The monoisotopic (exact) mass is 490 g/mol. The van der Waals surface area contributed by atoms with Crippen LogP contribution in [0.25, 0.3) is 0 Å². The van der Waals surface area contributed by atoms with Gasteiger partial charge in [0.1, 0.15) is 0 Å². The zero-order chi connectivity index (χ0) is 19.8. The fourth-order valence-electron chi connectivity index (χ4n) is 2.21. The molecule has 0 aliphatic carbocycles. The average molecular weight is 490 g/mol. The Bertz CT molecular complexity index is 745. The topological polar surface area (TPSA) is 9.23 Å². The molecule has 0 saturated carbocycles. The minimum Gasteiger partial charge on any atom is -0.425 e. The van der Waals surface area contributed by atoms with Gasteiger partial charge in [0, 0.05) is 18.2 Å². The van der Waals surface area contributed by atoms with E-state index in [1.807, 2.05) is 22.4 Å².